The average molecular weight is 891 g/mol. The van der Waals surface area contributed by atoms with Gasteiger partial charge in [-0.2, -0.15) is 0 Å². The quantitative estimate of drug-likeness (QED) is 0.0725. The zero-order valence-corrected chi connectivity index (χ0v) is 38.7. The first-order chi connectivity index (χ1) is 31.4. The van der Waals surface area contributed by atoms with Crippen molar-refractivity contribution in [2.75, 3.05) is 0 Å². The molecule has 5 aromatic carbocycles. The van der Waals surface area contributed by atoms with Crippen molar-refractivity contribution in [1.82, 2.24) is 30.2 Å². The fourth-order valence-electron chi connectivity index (χ4n) is 8.31. The number of imidazole rings is 2. The normalized spacial score (nSPS) is 13.2. The highest BCUT2D eigenvalue weighted by Crippen LogP contribution is 2.38. The van der Waals surface area contributed by atoms with Gasteiger partial charge in [0.25, 0.3) is 11.8 Å². The van der Waals surface area contributed by atoms with Crippen molar-refractivity contribution >= 4 is 11.8 Å². The number of carbonyl (C=O) groups is 2. The summed E-state index contributed by atoms with van der Waals surface area (Å²) in [5.41, 5.74) is 4.53. The van der Waals surface area contributed by atoms with Gasteiger partial charge < -0.3 is 25.3 Å². The van der Waals surface area contributed by atoms with Gasteiger partial charge in [-0.05, 0) is 156 Å². The molecule has 2 unspecified atom stereocenters. The van der Waals surface area contributed by atoms with Crippen LogP contribution in [0.4, 0.5) is 8.78 Å². The van der Waals surface area contributed by atoms with Crippen LogP contribution in [-0.2, 0) is 25.0 Å². The van der Waals surface area contributed by atoms with E-state index in [1.54, 1.807) is 42.6 Å². The first-order valence-corrected chi connectivity index (χ1v) is 22.7. The van der Waals surface area contributed by atoms with Gasteiger partial charge in [0, 0.05) is 40.9 Å². The molecule has 0 saturated carbocycles. The van der Waals surface area contributed by atoms with Crippen LogP contribution in [0.3, 0.4) is 0 Å². The summed E-state index contributed by atoms with van der Waals surface area (Å²) in [4.78, 5) is 39.8. The van der Waals surface area contributed by atoms with Gasteiger partial charge >= 0.3 is 0 Å². The molecule has 0 fully saturated rings. The van der Waals surface area contributed by atoms with Crippen molar-refractivity contribution < 1.29 is 23.5 Å². The third kappa shape index (κ3) is 12.1. The van der Waals surface area contributed by atoms with E-state index in [-0.39, 0.29) is 34.9 Å². The Hall–Kier alpha value is -6.72. The van der Waals surface area contributed by atoms with Crippen LogP contribution in [0.15, 0.2) is 140 Å². The van der Waals surface area contributed by atoms with E-state index < -0.39 is 11.1 Å². The summed E-state index contributed by atoms with van der Waals surface area (Å²) in [5, 5.41) is 19.2. The molecular formula is C55H60F2N6O3. The lowest BCUT2D eigenvalue weighted by Gasteiger charge is -2.31. The summed E-state index contributed by atoms with van der Waals surface area (Å²) in [6.07, 6.45) is 7.31. The highest BCUT2D eigenvalue weighted by Gasteiger charge is 2.37. The Bertz CT molecular complexity index is 2700. The Morgan fingerprint density at radius 1 is 0.682 bits per heavy atom. The molecule has 0 bridgehead atoms. The fraction of sp³-hybridized carbons (Fsp3) is 0.309. The number of H-pyrrole nitrogens is 1. The van der Waals surface area contributed by atoms with Crippen molar-refractivity contribution in [2.45, 2.75) is 109 Å². The number of hydrogen-bond donors (Lipinski definition) is 4. The molecule has 7 aromatic rings. The monoisotopic (exact) mass is 890 g/mol. The van der Waals surface area contributed by atoms with E-state index in [1.165, 1.54) is 24.3 Å². The maximum Gasteiger partial charge on any atom is 0.251 e. The van der Waals surface area contributed by atoms with Crippen LogP contribution >= 0.6 is 0 Å². The van der Waals surface area contributed by atoms with E-state index in [2.05, 4.69) is 15.6 Å². The lowest BCUT2D eigenvalue weighted by molar-refractivity contribution is 0.0607. The van der Waals surface area contributed by atoms with Crippen molar-refractivity contribution in [1.29, 1.82) is 0 Å². The summed E-state index contributed by atoms with van der Waals surface area (Å²) < 4.78 is 29.6. The molecule has 9 nitrogen and oxygen atoms in total. The lowest BCUT2D eigenvalue weighted by atomic mass is 9.84. The van der Waals surface area contributed by atoms with Gasteiger partial charge in [-0.3, -0.25) is 9.59 Å². The summed E-state index contributed by atoms with van der Waals surface area (Å²) in [6.45, 7) is 12.0. The van der Waals surface area contributed by atoms with E-state index >= 15 is 0 Å². The number of rotatable bonds is 17. The molecule has 2 aromatic heterocycles. The van der Waals surface area contributed by atoms with E-state index in [9.17, 15) is 23.5 Å². The van der Waals surface area contributed by atoms with Crippen LogP contribution in [0.1, 0.15) is 133 Å². The number of nitrogens with one attached hydrogen (secondary N) is 3. The van der Waals surface area contributed by atoms with Gasteiger partial charge in [0.15, 0.2) is 11.6 Å². The van der Waals surface area contributed by atoms with Gasteiger partial charge in [-0.25, -0.2) is 18.7 Å². The summed E-state index contributed by atoms with van der Waals surface area (Å²) in [7, 11) is 0. The van der Waals surface area contributed by atoms with Crippen LogP contribution in [0.2, 0.25) is 0 Å². The predicted octanol–water partition coefficient (Wildman–Crippen LogP) is 11.1. The molecule has 2 amide bonds. The molecule has 2 heterocycles. The van der Waals surface area contributed by atoms with E-state index in [1.807, 2.05) is 119 Å². The Morgan fingerprint density at radius 3 is 1.76 bits per heavy atom. The zero-order valence-electron chi connectivity index (χ0n) is 38.7. The summed E-state index contributed by atoms with van der Waals surface area (Å²) >= 11 is 0. The van der Waals surface area contributed by atoms with Crippen LogP contribution in [0.25, 0.3) is 11.6 Å². The van der Waals surface area contributed by atoms with Crippen molar-refractivity contribution in [3.05, 3.63) is 202 Å². The van der Waals surface area contributed by atoms with Gasteiger partial charge in [0.05, 0.1) is 17.6 Å². The van der Waals surface area contributed by atoms with Gasteiger partial charge in [-0.1, -0.05) is 78.9 Å². The number of aryl methyl sites for hydroxylation is 2. The maximum absolute atomic E-state index is 13.8. The molecule has 0 saturated heterocycles. The highest BCUT2D eigenvalue weighted by molar-refractivity contribution is 5.95. The van der Waals surface area contributed by atoms with E-state index in [0.29, 0.717) is 59.8 Å². The molecule has 0 radical (unpaired) electrons. The Labute approximate surface area is 386 Å². The third-order valence-electron chi connectivity index (χ3n) is 11.6. The SMILES string of the molecule is CC(C)(C)NC(=O)c1ccc(C(CCCc2ccc(F)cc2)c2c[nH]c(-c3ncc(C(O)(CCCc4ccc(F)cc4)c4ccc(C(=O)NC(C)(C)C)cc4)n3Cc3ccccc3)n2)cc1. The zero-order chi connectivity index (χ0) is 47.1. The number of amides is 2. The molecule has 2 atom stereocenters. The predicted molar refractivity (Wildman–Crippen MR) is 256 cm³/mol. The molecule has 0 aliphatic carbocycles. The third-order valence-corrected chi connectivity index (χ3v) is 11.6. The molecule has 7 rings (SSSR count). The second kappa shape index (κ2) is 20.2. The summed E-state index contributed by atoms with van der Waals surface area (Å²) in [6, 6.07) is 37.7. The van der Waals surface area contributed by atoms with Crippen LogP contribution in [-0.4, -0.2) is 47.5 Å². The van der Waals surface area contributed by atoms with Crippen molar-refractivity contribution in [3.63, 3.8) is 0 Å². The number of aromatic nitrogens is 4. The maximum atomic E-state index is 13.8. The number of aliphatic hydroxyl groups is 1. The molecule has 66 heavy (non-hydrogen) atoms. The van der Waals surface area contributed by atoms with Crippen molar-refractivity contribution in [2.24, 2.45) is 0 Å². The molecule has 0 spiro atoms. The van der Waals surface area contributed by atoms with E-state index in [4.69, 9.17) is 9.97 Å². The summed E-state index contributed by atoms with van der Waals surface area (Å²) in [5.74, 6) is -0.0647. The van der Waals surface area contributed by atoms with Crippen LogP contribution in [0, 0.1) is 11.6 Å². The number of benzene rings is 5. The van der Waals surface area contributed by atoms with E-state index in [0.717, 1.165) is 47.2 Å². The molecule has 11 heteroatoms. The van der Waals surface area contributed by atoms with Gasteiger partial charge in [0.1, 0.15) is 17.2 Å². The largest absolute Gasteiger partial charge is 0.379 e. The molecule has 0 aliphatic heterocycles. The van der Waals surface area contributed by atoms with Crippen LogP contribution < -0.4 is 10.6 Å². The van der Waals surface area contributed by atoms with Gasteiger partial charge in [0.2, 0.25) is 0 Å². The second-order valence-electron chi connectivity index (χ2n) is 19.2. The minimum Gasteiger partial charge on any atom is -0.379 e. The average Bonchev–Trinajstić information content (AvgIpc) is 3.94. The Kier molecular flexibility index (Phi) is 14.5. The number of hydrogen-bond acceptors (Lipinski definition) is 5. The van der Waals surface area contributed by atoms with Crippen LogP contribution in [0.5, 0.6) is 0 Å². The number of nitrogens with zero attached hydrogens (tertiary/aromatic N) is 3. The minimum atomic E-state index is -1.57. The van der Waals surface area contributed by atoms with Crippen molar-refractivity contribution in [3.8, 4) is 11.6 Å². The second-order valence-corrected chi connectivity index (χ2v) is 19.2. The number of halogens is 2. The molecule has 0 aliphatic rings. The Morgan fingerprint density at radius 2 is 1.21 bits per heavy atom. The molecule has 342 valence electrons. The molecule has 4 N–H and O–H groups in total. The number of aromatic amines is 1. The first-order valence-electron chi connectivity index (χ1n) is 22.7. The standard InChI is InChI=1S/C55H60F2N6O3/c1-53(2,3)61-51(64)41-23-21-40(22-24-41)46(16-10-14-37-17-29-44(56)30-18-37)47-34-58-49(60-47)50-59-35-48(63(50)36-39-12-8-7-9-13-39)55(66,33-11-15-38-19-31-45(57)32-20-38)43-27-25-42(26-28-43)52(65)62-54(4,5)6/h7-9,12-13,17-32,34-35,46,66H,10-11,14-16,33,36H2,1-6H3,(H,58,60)(H,61,64)(H,62,65). The minimum absolute atomic E-state index is 0.151. The highest BCUT2D eigenvalue weighted by atomic mass is 19.1. The molecular weight excluding hydrogens is 831 g/mol. The number of carbonyl (C=O) groups excluding carboxylic acids is 2. The first kappa shape index (κ1) is 47.2. The van der Waals surface area contributed by atoms with Gasteiger partial charge in [-0.15, -0.1) is 0 Å². The topological polar surface area (TPSA) is 125 Å². The smallest absolute Gasteiger partial charge is 0.251 e. The lowest BCUT2D eigenvalue weighted by Crippen LogP contribution is -2.40. The Balaban J connectivity index is 1.27. The fourth-order valence-corrected chi connectivity index (χ4v) is 8.31.